The van der Waals surface area contributed by atoms with Crippen LogP contribution < -0.4 is 0 Å². The molecule has 2 rings (SSSR count). The molecule has 0 aromatic carbocycles. The van der Waals surface area contributed by atoms with E-state index in [9.17, 15) is 4.79 Å². The van der Waals surface area contributed by atoms with E-state index in [0.29, 0.717) is 17.1 Å². The van der Waals surface area contributed by atoms with Crippen molar-refractivity contribution < 1.29 is 4.79 Å². The van der Waals surface area contributed by atoms with Gasteiger partial charge in [0.15, 0.2) is 0 Å². The molecule has 74 valence electrons. The summed E-state index contributed by atoms with van der Waals surface area (Å²) < 4.78 is 0.505. The first kappa shape index (κ1) is 9.53. The molecular weight excluding hydrogens is 182 g/mol. The third-order valence-corrected chi connectivity index (χ3v) is 4.72. The Hall–Kier alpha value is -0.0200. The fourth-order valence-corrected chi connectivity index (χ4v) is 3.24. The maximum atomic E-state index is 11.1. The molecule has 0 unspecified atom stereocenters. The highest BCUT2D eigenvalue weighted by Gasteiger charge is 2.38. The first-order valence-corrected chi connectivity index (χ1v) is 6.26. The van der Waals surface area contributed by atoms with Crippen LogP contribution in [0.2, 0.25) is 0 Å². The van der Waals surface area contributed by atoms with Gasteiger partial charge in [-0.25, -0.2) is 0 Å². The molecule has 1 saturated carbocycles. The third kappa shape index (κ3) is 1.91. The second-order valence-corrected chi connectivity index (χ2v) is 5.51. The van der Waals surface area contributed by atoms with Crippen LogP contribution in [0.1, 0.15) is 25.7 Å². The number of hydrogen-bond donors (Lipinski definition) is 0. The Morgan fingerprint density at radius 1 is 1.54 bits per heavy atom. The number of likely N-dealkylation sites (tertiary alicyclic amines) is 1. The van der Waals surface area contributed by atoms with Crippen LogP contribution in [0, 0.1) is 0 Å². The van der Waals surface area contributed by atoms with E-state index >= 15 is 0 Å². The van der Waals surface area contributed by atoms with Crippen LogP contribution in [0.25, 0.3) is 0 Å². The molecule has 2 nitrogen and oxygen atoms in total. The van der Waals surface area contributed by atoms with Crippen LogP contribution in [0.5, 0.6) is 0 Å². The predicted molar refractivity (Wildman–Crippen MR) is 56.2 cm³/mol. The summed E-state index contributed by atoms with van der Waals surface area (Å²) in [5.41, 5.74) is 0. The molecule has 0 aromatic rings. The van der Waals surface area contributed by atoms with E-state index in [4.69, 9.17) is 0 Å². The Kier molecular flexibility index (Phi) is 2.65. The summed E-state index contributed by atoms with van der Waals surface area (Å²) in [6.07, 6.45) is 7.06. The molecule has 1 saturated heterocycles. The van der Waals surface area contributed by atoms with E-state index < -0.39 is 0 Å². The van der Waals surface area contributed by atoms with Crippen molar-refractivity contribution >= 4 is 17.5 Å². The molecule has 0 bridgehead atoms. The highest BCUT2D eigenvalue weighted by atomic mass is 32.2. The largest absolute Gasteiger partial charge is 0.298 e. The zero-order chi connectivity index (χ0) is 9.31. The molecular formula is C10H17NOS. The van der Waals surface area contributed by atoms with E-state index in [1.807, 2.05) is 11.8 Å². The lowest BCUT2D eigenvalue weighted by Gasteiger charge is -2.42. The average molecular weight is 199 g/mol. The fourth-order valence-electron chi connectivity index (χ4n) is 2.23. The maximum Gasteiger partial charge on any atom is 0.148 e. The van der Waals surface area contributed by atoms with E-state index in [-0.39, 0.29) is 0 Å². The van der Waals surface area contributed by atoms with Crippen molar-refractivity contribution in [2.24, 2.45) is 0 Å². The van der Waals surface area contributed by atoms with Crippen LogP contribution in [-0.4, -0.2) is 41.3 Å². The topological polar surface area (TPSA) is 20.3 Å². The summed E-state index contributed by atoms with van der Waals surface area (Å²) in [6.45, 7) is 2.85. The van der Waals surface area contributed by atoms with Crippen molar-refractivity contribution in [1.82, 2.24) is 4.90 Å². The molecule has 13 heavy (non-hydrogen) atoms. The van der Waals surface area contributed by atoms with Crippen molar-refractivity contribution in [1.29, 1.82) is 0 Å². The standard InChI is InChI=1S/C10H17NOS/c1-13-10(4-2-5-10)8-11-6-3-9(12)7-11/h2-8H2,1H3. The summed E-state index contributed by atoms with van der Waals surface area (Å²) in [4.78, 5) is 13.4. The zero-order valence-electron chi connectivity index (χ0n) is 8.21. The maximum absolute atomic E-state index is 11.1. The van der Waals surface area contributed by atoms with Gasteiger partial charge in [0.05, 0.1) is 6.54 Å². The Labute approximate surface area is 84.1 Å². The molecule has 0 aromatic heterocycles. The molecule has 2 fully saturated rings. The minimum absolute atomic E-state index is 0.426. The van der Waals surface area contributed by atoms with E-state index in [1.165, 1.54) is 19.3 Å². The van der Waals surface area contributed by atoms with E-state index in [1.54, 1.807) is 0 Å². The van der Waals surface area contributed by atoms with Gasteiger partial charge in [-0.3, -0.25) is 9.69 Å². The van der Waals surface area contributed by atoms with Gasteiger partial charge < -0.3 is 0 Å². The lowest BCUT2D eigenvalue weighted by atomic mass is 9.84. The molecule has 1 aliphatic carbocycles. The fraction of sp³-hybridized carbons (Fsp3) is 0.900. The minimum atomic E-state index is 0.426. The highest BCUT2D eigenvalue weighted by molar-refractivity contribution is 8.00. The number of rotatable bonds is 3. The molecule has 2 aliphatic rings. The van der Waals surface area contributed by atoms with Crippen LogP contribution in [0.4, 0.5) is 0 Å². The van der Waals surface area contributed by atoms with E-state index in [2.05, 4.69) is 11.2 Å². The Morgan fingerprint density at radius 2 is 2.31 bits per heavy atom. The quantitative estimate of drug-likeness (QED) is 0.688. The summed E-state index contributed by atoms with van der Waals surface area (Å²) in [7, 11) is 0. The van der Waals surface area contributed by atoms with Crippen molar-refractivity contribution in [3.8, 4) is 0 Å². The molecule has 1 aliphatic heterocycles. The molecule has 0 spiro atoms. The summed E-state index contributed by atoms with van der Waals surface area (Å²) in [5, 5.41) is 0. The van der Waals surface area contributed by atoms with Crippen LogP contribution >= 0.6 is 11.8 Å². The number of ketones is 1. The molecule has 1 heterocycles. The van der Waals surface area contributed by atoms with Gasteiger partial charge in [0, 0.05) is 24.3 Å². The van der Waals surface area contributed by atoms with Gasteiger partial charge in [-0.15, -0.1) is 0 Å². The van der Waals surface area contributed by atoms with Crippen molar-refractivity contribution in [2.45, 2.75) is 30.4 Å². The normalized spacial score (nSPS) is 27.6. The Morgan fingerprint density at radius 3 is 2.69 bits per heavy atom. The van der Waals surface area contributed by atoms with Crippen LogP contribution in [-0.2, 0) is 4.79 Å². The summed E-state index contributed by atoms with van der Waals surface area (Å²) in [6, 6.07) is 0. The lowest BCUT2D eigenvalue weighted by molar-refractivity contribution is -0.116. The van der Waals surface area contributed by atoms with Gasteiger partial charge in [0.25, 0.3) is 0 Å². The van der Waals surface area contributed by atoms with Crippen LogP contribution in [0.3, 0.4) is 0 Å². The molecule has 0 amide bonds. The van der Waals surface area contributed by atoms with Crippen molar-refractivity contribution in [3.05, 3.63) is 0 Å². The minimum Gasteiger partial charge on any atom is -0.298 e. The van der Waals surface area contributed by atoms with Crippen molar-refractivity contribution in [2.75, 3.05) is 25.9 Å². The lowest BCUT2D eigenvalue weighted by Crippen LogP contribution is -2.44. The highest BCUT2D eigenvalue weighted by Crippen LogP contribution is 2.43. The Balaban J connectivity index is 1.86. The molecule has 0 radical (unpaired) electrons. The number of Topliss-reactive ketones (excluding diaryl/α,β-unsaturated/α-hetero) is 1. The Bertz CT molecular complexity index is 207. The predicted octanol–water partition coefficient (Wildman–Crippen LogP) is 1.55. The summed E-state index contributed by atoms with van der Waals surface area (Å²) >= 11 is 1.99. The van der Waals surface area contributed by atoms with Gasteiger partial charge >= 0.3 is 0 Å². The first-order valence-electron chi connectivity index (χ1n) is 5.03. The number of carbonyl (C=O) groups is 1. The first-order chi connectivity index (χ1) is 6.24. The molecule has 0 N–H and O–H groups in total. The van der Waals surface area contributed by atoms with Gasteiger partial charge in [-0.2, -0.15) is 11.8 Å². The summed E-state index contributed by atoms with van der Waals surface area (Å²) in [5.74, 6) is 0.426. The SMILES string of the molecule is CSC1(CN2CCC(=O)C2)CCC1. The number of hydrogen-bond acceptors (Lipinski definition) is 3. The number of nitrogens with zero attached hydrogens (tertiary/aromatic N) is 1. The van der Waals surface area contributed by atoms with Gasteiger partial charge in [0.2, 0.25) is 0 Å². The van der Waals surface area contributed by atoms with Gasteiger partial charge in [-0.1, -0.05) is 6.42 Å². The average Bonchev–Trinajstić information content (AvgIpc) is 2.44. The second kappa shape index (κ2) is 3.62. The smallest absolute Gasteiger partial charge is 0.148 e. The zero-order valence-corrected chi connectivity index (χ0v) is 9.03. The third-order valence-electron chi connectivity index (χ3n) is 3.32. The van der Waals surface area contributed by atoms with Crippen molar-refractivity contribution in [3.63, 3.8) is 0 Å². The number of thioether (sulfide) groups is 1. The molecule has 0 atom stereocenters. The van der Waals surface area contributed by atoms with Crippen LogP contribution in [0.15, 0.2) is 0 Å². The van der Waals surface area contributed by atoms with E-state index in [0.717, 1.165) is 19.5 Å². The monoisotopic (exact) mass is 199 g/mol. The number of carbonyl (C=O) groups excluding carboxylic acids is 1. The van der Waals surface area contributed by atoms with Gasteiger partial charge in [0.1, 0.15) is 5.78 Å². The molecule has 3 heteroatoms. The van der Waals surface area contributed by atoms with Gasteiger partial charge in [-0.05, 0) is 19.1 Å². The second-order valence-electron chi connectivity index (χ2n) is 4.24.